The van der Waals surface area contributed by atoms with Gasteiger partial charge in [-0.1, -0.05) is 37.3 Å². The van der Waals surface area contributed by atoms with Crippen molar-refractivity contribution in [3.8, 4) is 0 Å². The maximum atomic E-state index is 13.8. The fourth-order valence-corrected chi connectivity index (χ4v) is 5.92. The van der Waals surface area contributed by atoms with Gasteiger partial charge in [0.05, 0.1) is 16.8 Å². The quantitative estimate of drug-likeness (QED) is 0.521. The van der Waals surface area contributed by atoms with Gasteiger partial charge in [-0.3, -0.25) is 14.5 Å². The highest BCUT2D eigenvalue weighted by molar-refractivity contribution is 7.17. The van der Waals surface area contributed by atoms with Crippen molar-refractivity contribution in [1.29, 1.82) is 0 Å². The molecule has 0 spiro atoms. The van der Waals surface area contributed by atoms with E-state index in [1.807, 2.05) is 41.1 Å². The highest BCUT2D eigenvalue weighted by Crippen LogP contribution is 2.37. The van der Waals surface area contributed by atoms with Crippen LogP contribution < -0.4 is 10.2 Å². The Kier molecular flexibility index (Phi) is 5.30. The third-order valence-corrected chi connectivity index (χ3v) is 7.77. The topological polar surface area (TPSA) is 54.3 Å². The van der Waals surface area contributed by atoms with Crippen LogP contribution in [-0.2, 0) is 11.3 Å². The van der Waals surface area contributed by atoms with Crippen LogP contribution in [0.25, 0.3) is 10.2 Å². The van der Waals surface area contributed by atoms with Gasteiger partial charge in [-0.05, 0) is 61.5 Å². The number of fused-ring (bicyclic) bond motifs is 3. The van der Waals surface area contributed by atoms with Crippen molar-refractivity contribution in [2.24, 2.45) is 0 Å². The number of carbonyl (C=O) groups excluding carboxylic acids is 2. The Bertz CT molecular complexity index is 1130. The Morgan fingerprint density at radius 3 is 2.55 bits per heavy atom. The third-order valence-electron chi connectivity index (χ3n) is 6.67. The van der Waals surface area contributed by atoms with Crippen molar-refractivity contribution < 1.29 is 9.59 Å². The van der Waals surface area contributed by atoms with E-state index >= 15 is 0 Å². The molecule has 2 aliphatic rings. The molecule has 5 nitrogen and oxygen atoms in total. The van der Waals surface area contributed by atoms with E-state index in [0.29, 0.717) is 22.9 Å². The Labute approximate surface area is 191 Å². The molecule has 3 aromatic rings. The molecule has 1 aromatic carbocycles. The highest BCUT2D eigenvalue weighted by Gasteiger charge is 2.49. The van der Waals surface area contributed by atoms with E-state index < -0.39 is 5.54 Å². The summed E-state index contributed by atoms with van der Waals surface area (Å²) < 4.78 is 3.07. The fourth-order valence-electron chi connectivity index (χ4n) is 4.97. The smallest absolute Gasteiger partial charge is 0.275 e. The second kappa shape index (κ2) is 7.99. The molecule has 2 aromatic heterocycles. The van der Waals surface area contributed by atoms with Crippen molar-refractivity contribution in [1.82, 2.24) is 9.88 Å². The maximum absolute atomic E-state index is 13.8. The molecular weight excluding hydrogens is 430 g/mol. The zero-order valence-electron chi connectivity index (χ0n) is 17.6. The van der Waals surface area contributed by atoms with E-state index in [1.54, 1.807) is 28.4 Å². The first-order chi connectivity index (χ1) is 15.0. The standard InChI is InChI=1S/C24H26ClN3O2S/c1-24(23(30)26-17-6-4-2-3-5-7-17)15-27-19-12-13-31-21(19)14-20(27)22(29)28(24)18-10-8-16(25)9-11-18/h8-14,17H,2-7,15H2,1H3,(H,26,30)/t24-/m0/s1. The van der Waals surface area contributed by atoms with Crippen LogP contribution >= 0.6 is 22.9 Å². The molecule has 1 fully saturated rings. The molecule has 0 unspecified atom stereocenters. The van der Waals surface area contributed by atoms with Crippen molar-refractivity contribution in [3.05, 3.63) is 52.5 Å². The van der Waals surface area contributed by atoms with Gasteiger partial charge in [0.25, 0.3) is 5.91 Å². The van der Waals surface area contributed by atoms with Crippen LogP contribution in [0.15, 0.2) is 41.8 Å². The Morgan fingerprint density at radius 2 is 1.84 bits per heavy atom. The van der Waals surface area contributed by atoms with Crippen LogP contribution in [0.2, 0.25) is 5.02 Å². The second-order valence-corrected chi connectivity index (χ2v) is 10.2. The molecule has 31 heavy (non-hydrogen) atoms. The number of hydrogen-bond acceptors (Lipinski definition) is 3. The van der Waals surface area contributed by atoms with E-state index in [-0.39, 0.29) is 17.9 Å². The summed E-state index contributed by atoms with van der Waals surface area (Å²) in [6.07, 6.45) is 6.72. The van der Waals surface area contributed by atoms with Crippen LogP contribution in [0.1, 0.15) is 55.9 Å². The highest BCUT2D eigenvalue weighted by atomic mass is 35.5. The summed E-state index contributed by atoms with van der Waals surface area (Å²) in [5.74, 6) is -0.249. The van der Waals surface area contributed by atoms with Gasteiger partial charge in [-0.25, -0.2) is 0 Å². The third kappa shape index (κ3) is 3.56. The summed E-state index contributed by atoms with van der Waals surface area (Å²) in [5.41, 5.74) is 1.27. The normalized spacial score (nSPS) is 22.4. The number of nitrogens with one attached hydrogen (secondary N) is 1. The minimum absolute atomic E-state index is 0.0922. The summed E-state index contributed by atoms with van der Waals surface area (Å²) in [6, 6.07) is 11.3. The molecule has 7 heteroatoms. The number of hydrogen-bond donors (Lipinski definition) is 1. The van der Waals surface area contributed by atoms with Crippen molar-refractivity contribution in [2.45, 2.75) is 63.6 Å². The average molecular weight is 456 g/mol. The molecule has 1 N–H and O–H groups in total. The minimum Gasteiger partial charge on any atom is -0.351 e. The number of halogens is 1. The Hall–Kier alpha value is -2.31. The molecule has 0 radical (unpaired) electrons. The molecule has 162 valence electrons. The largest absolute Gasteiger partial charge is 0.351 e. The Morgan fingerprint density at radius 1 is 1.13 bits per heavy atom. The van der Waals surface area contributed by atoms with Crippen molar-refractivity contribution in [2.75, 3.05) is 4.90 Å². The number of nitrogens with zero attached hydrogens (tertiary/aromatic N) is 2. The van der Waals surface area contributed by atoms with E-state index in [0.717, 1.165) is 35.9 Å². The van der Waals surface area contributed by atoms with Crippen LogP contribution in [-0.4, -0.2) is 28.0 Å². The minimum atomic E-state index is -1.04. The molecule has 0 bridgehead atoms. The lowest BCUT2D eigenvalue weighted by Gasteiger charge is -2.44. The van der Waals surface area contributed by atoms with Crippen LogP contribution in [0.5, 0.6) is 0 Å². The maximum Gasteiger partial charge on any atom is 0.275 e. The summed E-state index contributed by atoms with van der Waals surface area (Å²) in [5, 5.41) is 5.92. The predicted molar refractivity (Wildman–Crippen MR) is 126 cm³/mol. The number of benzene rings is 1. The molecule has 3 heterocycles. The molecule has 0 saturated heterocycles. The van der Waals surface area contributed by atoms with Gasteiger partial charge in [-0.2, -0.15) is 0 Å². The zero-order valence-corrected chi connectivity index (χ0v) is 19.1. The number of amides is 2. The summed E-state index contributed by atoms with van der Waals surface area (Å²) >= 11 is 7.71. The van der Waals surface area contributed by atoms with E-state index in [1.165, 1.54) is 12.8 Å². The molecule has 1 aliphatic carbocycles. The average Bonchev–Trinajstić information content (AvgIpc) is 3.24. The first-order valence-electron chi connectivity index (χ1n) is 11.0. The van der Waals surface area contributed by atoms with Gasteiger partial charge < -0.3 is 9.88 Å². The molecule has 1 atom stereocenters. The summed E-state index contributed by atoms with van der Waals surface area (Å²) in [4.78, 5) is 29.2. The lowest BCUT2D eigenvalue weighted by Crippen LogP contribution is -2.65. The lowest BCUT2D eigenvalue weighted by molar-refractivity contribution is -0.127. The SMILES string of the molecule is C[C@@]1(C(=O)NC2CCCCCC2)Cn2c(cc3sccc32)C(=O)N1c1ccc(Cl)cc1. The monoisotopic (exact) mass is 455 g/mol. The second-order valence-electron chi connectivity index (χ2n) is 8.84. The predicted octanol–water partition coefficient (Wildman–Crippen LogP) is 5.61. The molecule has 1 saturated carbocycles. The van der Waals surface area contributed by atoms with Gasteiger partial charge in [0, 0.05) is 16.8 Å². The van der Waals surface area contributed by atoms with Gasteiger partial charge in [0.1, 0.15) is 11.2 Å². The summed E-state index contributed by atoms with van der Waals surface area (Å²) in [7, 11) is 0. The molecule has 2 amide bonds. The molecule has 1 aliphatic heterocycles. The zero-order chi connectivity index (χ0) is 21.6. The van der Waals surface area contributed by atoms with E-state index in [9.17, 15) is 9.59 Å². The first kappa shape index (κ1) is 20.6. The number of carbonyl (C=O) groups is 2. The first-order valence-corrected chi connectivity index (χ1v) is 12.2. The van der Waals surface area contributed by atoms with Crippen molar-refractivity contribution >= 4 is 50.7 Å². The number of thiophene rings is 1. The number of anilines is 1. The van der Waals surface area contributed by atoms with Crippen LogP contribution in [0, 0.1) is 0 Å². The van der Waals surface area contributed by atoms with E-state index in [2.05, 4.69) is 5.32 Å². The summed E-state index contributed by atoms with van der Waals surface area (Å²) in [6.45, 7) is 2.29. The number of aromatic nitrogens is 1. The van der Waals surface area contributed by atoms with Crippen LogP contribution in [0.3, 0.4) is 0 Å². The van der Waals surface area contributed by atoms with Gasteiger partial charge in [0.2, 0.25) is 5.91 Å². The fraction of sp³-hybridized carbons (Fsp3) is 0.417. The van der Waals surface area contributed by atoms with Gasteiger partial charge in [-0.15, -0.1) is 11.3 Å². The molecule has 5 rings (SSSR count). The molecular formula is C24H26ClN3O2S. The number of rotatable bonds is 3. The lowest BCUT2D eigenvalue weighted by atomic mass is 9.93. The van der Waals surface area contributed by atoms with E-state index in [4.69, 9.17) is 11.6 Å². The van der Waals surface area contributed by atoms with Gasteiger partial charge in [0.15, 0.2) is 0 Å². The van der Waals surface area contributed by atoms with Crippen molar-refractivity contribution in [3.63, 3.8) is 0 Å². The Balaban J connectivity index is 1.57. The van der Waals surface area contributed by atoms with Gasteiger partial charge >= 0.3 is 0 Å². The van der Waals surface area contributed by atoms with Crippen LogP contribution in [0.4, 0.5) is 5.69 Å².